The van der Waals surface area contributed by atoms with Crippen LogP contribution in [0, 0.1) is 6.92 Å². The van der Waals surface area contributed by atoms with E-state index in [9.17, 15) is 4.79 Å². The van der Waals surface area contributed by atoms with E-state index in [0.29, 0.717) is 17.8 Å². The molecule has 1 saturated carbocycles. The van der Waals surface area contributed by atoms with E-state index in [-0.39, 0.29) is 12.1 Å². The molecule has 3 aromatic rings. The topological polar surface area (TPSA) is 32.3 Å². The highest BCUT2D eigenvalue weighted by Gasteiger charge is 2.30. The number of nitrogens with one attached hydrogen (secondary N) is 1. The van der Waals surface area contributed by atoms with Crippen LogP contribution in [-0.2, 0) is 6.42 Å². The first-order chi connectivity index (χ1) is 18.8. The maximum Gasteiger partial charge on any atom is 0.322 e. The number of carbonyl (C=O) groups is 1. The standard InChI is InChI=1S/C36H48N2O/c1-26(2)33-19-13-20-34(27(3)4)35(33)37-36(39)38(25-12-11-16-29-15-10-9-14-28(29)5)32-23-21-31(22-24-32)30-17-7-6-8-18-30/h6-10,13-15,17-20,26-27,31-32H,11-12,16,21-25H2,1-5H3,(H,37,39)/t31-,32-. The lowest BCUT2D eigenvalue weighted by Gasteiger charge is -2.37. The number of anilines is 1. The first-order valence-corrected chi connectivity index (χ1v) is 15.1. The molecule has 1 aliphatic carbocycles. The number of rotatable bonds is 10. The third-order valence-corrected chi connectivity index (χ3v) is 8.63. The minimum atomic E-state index is 0.0732. The predicted octanol–water partition coefficient (Wildman–Crippen LogP) is 9.83. The number of urea groups is 1. The molecular weight excluding hydrogens is 476 g/mol. The number of nitrogens with zero attached hydrogens (tertiary/aromatic N) is 1. The van der Waals surface area contributed by atoms with Crippen molar-refractivity contribution in [2.75, 3.05) is 11.9 Å². The maximum absolute atomic E-state index is 14.0. The van der Waals surface area contributed by atoms with Crippen molar-refractivity contribution in [3.63, 3.8) is 0 Å². The van der Waals surface area contributed by atoms with Gasteiger partial charge in [0, 0.05) is 18.3 Å². The minimum Gasteiger partial charge on any atom is -0.322 e. The van der Waals surface area contributed by atoms with Gasteiger partial charge < -0.3 is 10.2 Å². The third-order valence-electron chi connectivity index (χ3n) is 8.63. The average molecular weight is 525 g/mol. The molecule has 0 heterocycles. The van der Waals surface area contributed by atoms with Crippen LogP contribution >= 0.6 is 0 Å². The summed E-state index contributed by atoms with van der Waals surface area (Å²) >= 11 is 0. The molecule has 3 aromatic carbocycles. The van der Waals surface area contributed by atoms with Crippen molar-refractivity contribution in [1.29, 1.82) is 0 Å². The molecule has 2 amide bonds. The van der Waals surface area contributed by atoms with Gasteiger partial charge in [0.25, 0.3) is 0 Å². The highest BCUT2D eigenvalue weighted by molar-refractivity contribution is 5.91. The molecule has 39 heavy (non-hydrogen) atoms. The van der Waals surface area contributed by atoms with Gasteiger partial charge in [0.2, 0.25) is 0 Å². The highest BCUT2D eigenvalue weighted by atomic mass is 16.2. The van der Waals surface area contributed by atoms with E-state index >= 15 is 0 Å². The maximum atomic E-state index is 14.0. The average Bonchev–Trinajstić information content (AvgIpc) is 2.94. The molecular formula is C36H48N2O. The monoisotopic (exact) mass is 524 g/mol. The van der Waals surface area contributed by atoms with Gasteiger partial charge in [-0.3, -0.25) is 0 Å². The summed E-state index contributed by atoms with van der Waals surface area (Å²) < 4.78 is 0. The van der Waals surface area contributed by atoms with Gasteiger partial charge in [-0.25, -0.2) is 4.79 Å². The summed E-state index contributed by atoms with van der Waals surface area (Å²) in [4.78, 5) is 16.2. The van der Waals surface area contributed by atoms with Crippen LogP contribution in [0.5, 0.6) is 0 Å². The van der Waals surface area contributed by atoms with Crippen LogP contribution in [0.2, 0.25) is 0 Å². The fourth-order valence-corrected chi connectivity index (χ4v) is 6.26. The van der Waals surface area contributed by atoms with Gasteiger partial charge in [-0.05, 0) is 97.4 Å². The number of unbranched alkanes of at least 4 members (excludes halogenated alkanes) is 1. The molecule has 0 radical (unpaired) electrons. The molecule has 0 saturated heterocycles. The summed E-state index contributed by atoms with van der Waals surface area (Å²) in [5.74, 6) is 1.30. The predicted molar refractivity (Wildman–Crippen MR) is 166 cm³/mol. The molecule has 0 unspecified atom stereocenters. The Labute approximate surface area is 237 Å². The summed E-state index contributed by atoms with van der Waals surface area (Å²) in [5.41, 5.74) is 7.69. The van der Waals surface area contributed by atoms with Crippen molar-refractivity contribution in [3.8, 4) is 0 Å². The molecule has 0 atom stereocenters. The summed E-state index contributed by atoms with van der Waals surface area (Å²) in [7, 11) is 0. The Balaban J connectivity index is 1.49. The number of para-hydroxylation sites is 1. The molecule has 0 aromatic heterocycles. The molecule has 0 aliphatic heterocycles. The van der Waals surface area contributed by atoms with Gasteiger partial charge >= 0.3 is 6.03 Å². The van der Waals surface area contributed by atoms with Crippen molar-refractivity contribution in [2.45, 2.75) is 103 Å². The Morgan fingerprint density at radius 2 is 1.41 bits per heavy atom. The van der Waals surface area contributed by atoms with Gasteiger partial charge in [0.1, 0.15) is 0 Å². The summed E-state index contributed by atoms with van der Waals surface area (Å²) in [6, 6.07) is 26.4. The number of carbonyl (C=O) groups excluding carboxylic acids is 1. The zero-order chi connectivity index (χ0) is 27.8. The van der Waals surface area contributed by atoms with E-state index in [4.69, 9.17) is 0 Å². The second kappa shape index (κ2) is 13.8. The zero-order valence-electron chi connectivity index (χ0n) is 24.7. The number of hydrogen-bond donors (Lipinski definition) is 1. The fraction of sp³-hybridized carbons (Fsp3) is 0.472. The first kappa shape index (κ1) is 28.9. The van der Waals surface area contributed by atoms with E-state index in [2.05, 4.69) is 118 Å². The first-order valence-electron chi connectivity index (χ1n) is 15.1. The smallest absolute Gasteiger partial charge is 0.322 e. The van der Waals surface area contributed by atoms with E-state index in [1.807, 2.05) is 0 Å². The quantitative estimate of drug-likeness (QED) is 0.263. The van der Waals surface area contributed by atoms with E-state index in [1.54, 1.807) is 0 Å². The Kier molecular flexibility index (Phi) is 10.3. The molecule has 1 fully saturated rings. The van der Waals surface area contributed by atoms with E-state index in [1.165, 1.54) is 27.8 Å². The van der Waals surface area contributed by atoms with E-state index in [0.717, 1.165) is 57.2 Å². The van der Waals surface area contributed by atoms with Crippen LogP contribution in [0.25, 0.3) is 0 Å². The molecule has 1 aliphatic rings. The number of benzene rings is 3. The second-order valence-electron chi connectivity index (χ2n) is 12.0. The molecule has 0 bridgehead atoms. The van der Waals surface area contributed by atoms with Gasteiger partial charge in [0.05, 0.1) is 0 Å². The van der Waals surface area contributed by atoms with Gasteiger partial charge in [-0.1, -0.05) is 100 Å². The highest BCUT2D eigenvalue weighted by Crippen LogP contribution is 2.36. The van der Waals surface area contributed by atoms with Crippen LogP contribution in [0.15, 0.2) is 72.8 Å². The van der Waals surface area contributed by atoms with Gasteiger partial charge in [-0.2, -0.15) is 0 Å². The van der Waals surface area contributed by atoms with Crippen molar-refractivity contribution < 1.29 is 4.79 Å². The summed E-state index contributed by atoms with van der Waals surface area (Å²) in [6.45, 7) is 11.8. The van der Waals surface area contributed by atoms with Crippen molar-refractivity contribution in [1.82, 2.24) is 4.90 Å². The lowest BCUT2D eigenvalue weighted by molar-refractivity contribution is 0.161. The SMILES string of the molecule is Cc1ccccc1CCCCN(C(=O)Nc1c(C(C)C)cccc1C(C)C)[C@H]1CC[C@H](c2ccccc2)CC1. The lowest BCUT2D eigenvalue weighted by Crippen LogP contribution is -2.45. The van der Waals surface area contributed by atoms with Crippen molar-refractivity contribution >= 4 is 11.7 Å². The van der Waals surface area contributed by atoms with Crippen LogP contribution in [0.4, 0.5) is 10.5 Å². The van der Waals surface area contributed by atoms with Crippen LogP contribution in [0.1, 0.15) is 112 Å². The summed E-state index contributed by atoms with van der Waals surface area (Å²) in [6.07, 6.45) is 7.58. The van der Waals surface area contributed by atoms with Crippen molar-refractivity contribution in [3.05, 3.63) is 101 Å². The summed E-state index contributed by atoms with van der Waals surface area (Å²) in [5, 5.41) is 3.44. The van der Waals surface area contributed by atoms with Crippen molar-refractivity contribution in [2.24, 2.45) is 0 Å². The molecule has 3 heteroatoms. The molecule has 0 spiro atoms. The van der Waals surface area contributed by atoms with E-state index < -0.39 is 0 Å². The Morgan fingerprint density at radius 1 is 0.795 bits per heavy atom. The number of hydrogen-bond acceptors (Lipinski definition) is 1. The Morgan fingerprint density at radius 3 is 2.03 bits per heavy atom. The van der Waals surface area contributed by atoms with Gasteiger partial charge in [0.15, 0.2) is 0 Å². The molecule has 3 nitrogen and oxygen atoms in total. The fourth-order valence-electron chi connectivity index (χ4n) is 6.26. The lowest BCUT2D eigenvalue weighted by atomic mass is 9.81. The third kappa shape index (κ3) is 7.53. The molecule has 1 N–H and O–H groups in total. The largest absolute Gasteiger partial charge is 0.322 e. The van der Waals surface area contributed by atoms with Crippen LogP contribution in [0.3, 0.4) is 0 Å². The molecule has 4 rings (SSSR count). The Hall–Kier alpha value is -3.07. The molecule has 208 valence electrons. The van der Waals surface area contributed by atoms with Crippen LogP contribution < -0.4 is 5.32 Å². The normalized spacial score (nSPS) is 17.4. The number of aryl methyl sites for hydroxylation is 2. The minimum absolute atomic E-state index is 0.0732. The second-order valence-corrected chi connectivity index (χ2v) is 12.0. The van der Waals surface area contributed by atoms with Gasteiger partial charge in [-0.15, -0.1) is 0 Å². The Bertz CT molecular complexity index is 1170. The van der Waals surface area contributed by atoms with Crippen LogP contribution in [-0.4, -0.2) is 23.5 Å². The number of amides is 2. The zero-order valence-corrected chi connectivity index (χ0v) is 24.7.